The molecular formula is C8H9N2O3S. The summed E-state index contributed by atoms with van der Waals surface area (Å²) in [6.07, 6.45) is 0. The fourth-order valence-electron chi connectivity index (χ4n) is 0.852. The standard InChI is InChI=1S/C8H9N2O3S/c9-14(12,13)6-10-8(11)7-4-2-1-3-5-7/h1-5,9H,6H2,(H,10,11). The number of hydrogen-bond acceptors (Lipinski definition) is 3. The molecule has 0 aliphatic rings. The maximum Gasteiger partial charge on any atom is 0.252 e. The van der Waals surface area contributed by atoms with Crippen LogP contribution in [0.15, 0.2) is 30.3 Å². The quantitative estimate of drug-likeness (QED) is 0.765. The Labute approximate surface area is 82.0 Å². The highest BCUT2D eigenvalue weighted by molar-refractivity contribution is 7.88. The molecule has 75 valence electrons. The molecule has 14 heavy (non-hydrogen) atoms. The van der Waals surface area contributed by atoms with Crippen LogP contribution in [-0.4, -0.2) is 20.2 Å². The summed E-state index contributed by atoms with van der Waals surface area (Å²) >= 11 is 0. The molecule has 0 atom stereocenters. The first-order chi connectivity index (χ1) is 6.49. The fraction of sp³-hybridized carbons (Fsp3) is 0.125. The van der Waals surface area contributed by atoms with E-state index in [0.29, 0.717) is 5.56 Å². The molecular weight excluding hydrogens is 204 g/mol. The fourth-order valence-corrected chi connectivity index (χ4v) is 1.17. The number of rotatable bonds is 3. The van der Waals surface area contributed by atoms with Gasteiger partial charge >= 0.3 is 0 Å². The van der Waals surface area contributed by atoms with Crippen LogP contribution in [0.25, 0.3) is 0 Å². The molecule has 1 amide bonds. The van der Waals surface area contributed by atoms with Gasteiger partial charge in [0.05, 0.1) is 0 Å². The van der Waals surface area contributed by atoms with Gasteiger partial charge in [0.25, 0.3) is 5.91 Å². The highest BCUT2D eigenvalue weighted by atomic mass is 32.2. The molecule has 1 rings (SSSR count). The Balaban J connectivity index is 2.61. The Bertz CT molecular complexity index is 413. The smallest absolute Gasteiger partial charge is 0.252 e. The zero-order valence-electron chi connectivity index (χ0n) is 7.23. The highest BCUT2D eigenvalue weighted by Gasteiger charge is 2.08. The number of hydrogen-bond donors (Lipinski definition) is 1. The Morgan fingerprint density at radius 2 is 1.86 bits per heavy atom. The zero-order valence-corrected chi connectivity index (χ0v) is 8.04. The number of carbonyl (C=O) groups excluding carboxylic acids is 1. The summed E-state index contributed by atoms with van der Waals surface area (Å²) in [6.45, 7) is 0. The summed E-state index contributed by atoms with van der Waals surface area (Å²) in [5.74, 6) is -1.16. The first kappa shape index (κ1) is 10.7. The van der Waals surface area contributed by atoms with Gasteiger partial charge in [-0.3, -0.25) is 4.79 Å². The average Bonchev–Trinajstić information content (AvgIpc) is 2.14. The number of carbonyl (C=O) groups is 1. The second kappa shape index (κ2) is 4.21. The predicted molar refractivity (Wildman–Crippen MR) is 50.8 cm³/mol. The molecule has 0 heterocycles. The van der Waals surface area contributed by atoms with Crippen LogP contribution < -0.4 is 10.5 Å². The minimum absolute atomic E-state index is 0.371. The van der Waals surface area contributed by atoms with E-state index < -0.39 is 21.8 Å². The van der Waals surface area contributed by atoms with Crippen molar-refractivity contribution in [1.82, 2.24) is 10.5 Å². The average molecular weight is 213 g/mol. The molecule has 0 bridgehead atoms. The summed E-state index contributed by atoms with van der Waals surface area (Å²) in [5.41, 5.74) is 0.371. The van der Waals surface area contributed by atoms with Crippen molar-refractivity contribution in [2.75, 3.05) is 5.88 Å². The third kappa shape index (κ3) is 3.55. The summed E-state index contributed by atoms with van der Waals surface area (Å²) in [7, 11) is -3.91. The van der Waals surface area contributed by atoms with E-state index in [2.05, 4.69) is 5.32 Å². The SMILES string of the molecule is [NH]S(=O)(=O)CNC(=O)c1ccccc1. The molecule has 0 unspecified atom stereocenters. The summed E-state index contributed by atoms with van der Waals surface area (Å²) in [4.78, 5) is 11.2. The Hall–Kier alpha value is -1.40. The van der Waals surface area contributed by atoms with Gasteiger partial charge in [-0.1, -0.05) is 18.2 Å². The van der Waals surface area contributed by atoms with Crippen LogP contribution in [-0.2, 0) is 10.0 Å². The normalized spacial score (nSPS) is 10.9. The number of benzene rings is 1. The maximum atomic E-state index is 11.2. The van der Waals surface area contributed by atoms with E-state index in [9.17, 15) is 13.2 Å². The molecule has 0 saturated heterocycles. The third-order valence-electron chi connectivity index (χ3n) is 1.46. The number of sulfonamides is 1. The lowest BCUT2D eigenvalue weighted by Crippen LogP contribution is -2.29. The second-order valence-electron chi connectivity index (χ2n) is 2.63. The zero-order chi connectivity index (χ0) is 10.6. The van der Waals surface area contributed by atoms with Crippen LogP contribution in [0.4, 0.5) is 0 Å². The van der Waals surface area contributed by atoms with Gasteiger partial charge in [0.2, 0.25) is 10.0 Å². The van der Waals surface area contributed by atoms with Gasteiger partial charge in [-0.05, 0) is 12.1 Å². The summed E-state index contributed by atoms with van der Waals surface area (Å²) in [6, 6.07) is 8.21. The van der Waals surface area contributed by atoms with Crippen molar-refractivity contribution in [1.29, 1.82) is 0 Å². The molecule has 1 aromatic rings. The molecule has 0 fully saturated rings. The summed E-state index contributed by atoms with van der Waals surface area (Å²) in [5, 5.41) is 8.67. The van der Waals surface area contributed by atoms with Crippen LogP contribution in [0, 0.1) is 0 Å². The van der Waals surface area contributed by atoms with Crippen LogP contribution in [0.2, 0.25) is 0 Å². The van der Waals surface area contributed by atoms with Crippen LogP contribution in [0.5, 0.6) is 0 Å². The van der Waals surface area contributed by atoms with Gasteiger partial charge in [-0.2, -0.15) is 0 Å². The van der Waals surface area contributed by atoms with E-state index in [1.54, 1.807) is 30.3 Å². The highest BCUT2D eigenvalue weighted by Crippen LogP contribution is 1.97. The van der Waals surface area contributed by atoms with Gasteiger partial charge < -0.3 is 5.32 Å². The summed E-state index contributed by atoms with van der Waals surface area (Å²) < 4.78 is 20.8. The van der Waals surface area contributed by atoms with Crippen LogP contribution in [0.3, 0.4) is 0 Å². The molecule has 6 heteroatoms. The van der Waals surface area contributed by atoms with E-state index in [0.717, 1.165) is 0 Å². The molecule has 2 N–H and O–H groups in total. The molecule has 0 aliphatic heterocycles. The van der Waals surface area contributed by atoms with Crippen LogP contribution >= 0.6 is 0 Å². The van der Waals surface area contributed by atoms with Gasteiger partial charge in [-0.15, -0.1) is 5.14 Å². The van der Waals surface area contributed by atoms with Crippen molar-refractivity contribution in [2.45, 2.75) is 0 Å². The van der Waals surface area contributed by atoms with Gasteiger partial charge in [0, 0.05) is 5.56 Å². The van der Waals surface area contributed by atoms with Crippen molar-refractivity contribution < 1.29 is 13.2 Å². The second-order valence-corrected chi connectivity index (χ2v) is 4.15. The van der Waals surface area contributed by atoms with Crippen molar-refractivity contribution in [3.63, 3.8) is 0 Å². The minimum Gasteiger partial charge on any atom is -0.337 e. The first-order valence-electron chi connectivity index (χ1n) is 3.79. The molecule has 0 aromatic heterocycles. The Kier molecular flexibility index (Phi) is 3.21. The molecule has 1 aromatic carbocycles. The van der Waals surface area contributed by atoms with E-state index in [1.807, 2.05) is 0 Å². The van der Waals surface area contributed by atoms with Gasteiger partial charge in [0.1, 0.15) is 5.88 Å². The Morgan fingerprint density at radius 1 is 1.29 bits per heavy atom. The molecule has 1 radical (unpaired) electrons. The maximum absolute atomic E-state index is 11.2. The molecule has 0 aliphatic carbocycles. The number of nitrogens with one attached hydrogen (secondary N) is 2. The lowest BCUT2D eigenvalue weighted by Gasteiger charge is -2.02. The largest absolute Gasteiger partial charge is 0.337 e. The Morgan fingerprint density at radius 3 is 2.36 bits per heavy atom. The van der Waals surface area contributed by atoms with E-state index in [-0.39, 0.29) is 0 Å². The lowest BCUT2D eigenvalue weighted by molar-refractivity contribution is 0.0960. The lowest BCUT2D eigenvalue weighted by atomic mass is 10.2. The third-order valence-corrected chi connectivity index (χ3v) is 1.98. The molecule has 0 spiro atoms. The van der Waals surface area contributed by atoms with Crippen molar-refractivity contribution in [3.8, 4) is 0 Å². The van der Waals surface area contributed by atoms with Crippen molar-refractivity contribution in [2.24, 2.45) is 0 Å². The molecule has 0 saturated carbocycles. The molecule has 5 nitrogen and oxygen atoms in total. The first-order valence-corrected chi connectivity index (χ1v) is 5.45. The van der Waals surface area contributed by atoms with Crippen molar-refractivity contribution >= 4 is 15.9 Å². The number of amides is 1. The van der Waals surface area contributed by atoms with Crippen molar-refractivity contribution in [3.05, 3.63) is 35.9 Å². The van der Waals surface area contributed by atoms with Gasteiger partial charge in [0.15, 0.2) is 0 Å². The van der Waals surface area contributed by atoms with Gasteiger partial charge in [-0.25, -0.2) is 8.42 Å². The topological polar surface area (TPSA) is 87.0 Å². The predicted octanol–water partition coefficient (Wildman–Crippen LogP) is -0.0134. The van der Waals surface area contributed by atoms with Crippen LogP contribution in [0.1, 0.15) is 10.4 Å². The minimum atomic E-state index is -3.91. The monoisotopic (exact) mass is 213 g/mol. The van der Waals surface area contributed by atoms with E-state index in [4.69, 9.17) is 5.14 Å². The van der Waals surface area contributed by atoms with E-state index >= 15 is 0 Å². The van der Waals surface area contributed by atoms with E-state index in [1.165, 1.54) is 0 Å².